The molecule has 0 atom stereocenters. The first kappa shape index (κ1) is 17.8. The summed E-state index contributed by atoms with van der Waals surface area (Å²) in [4.78, 5) is 1.92. The van der Waals surface area contributed by atoms with E-state index in [9.17, 15) is 5.11 Å². The lowest BCUT2D eigenvalue weighted by atomic mass is 10.2. The van der Waals surface area contributed by atoms with Crippen molar-refractivity contribution in [1.29, 1.82) is 0 Å². The average Bonchev–Trinajstić information content (AvgIpc) is 2.44. The lowest BCUT2D eigenvalue weighted by Gasteiger charge is -2.13. The molecule has 0 radical (unpaired) electrons. The van der Waals surface area contributed by atoms with Crippen molar-refractivity contribution in [2.45, 2.75) is 22.9 Å². The number of hydrogen-bond acceptors (Lipinski definition) is 3. The monoisotopic (exact) mass is 393 g/mol. The van der Waals surface area contributed by atoms with Crippen LogP contribution in [-0.4, -0.2) is 5.11 Å². The van der Waals surface area contributed by atoms with Crippen molar-refractivity contribution in [1.82, 2.24) is 0 Å². The molecule has 0 aliphatic rings. The van der Waals surface area contributed by atoms with Crippen LogP contribution in [0.5, 0.6) is 0 Å². The molecule has 108 valence electrons. The lowest BCUT2D eigenvalue weighted by Crippen LogP contribution is -1.99. The molecule has 2 rings (SSSR count). The van der Waals surface area contributed by atoms with Gasteiger partial charge in [0.2, 0.25) is 0 Å². The maximum Gasteiger partial charge on any atom is 0.0692 e. The highest BCUT2D eigenvalue weighted by Crippen LogP contribution is 2.40. The minimum atomic E-state index is 0. The Bertz CT molecular complexity index is 595. The summed E-state index contributed by atoms with van der Waals surface area (Å²) in [6.45, 7) is 0.434. The second kappa shape index (κ2) is 8.27. The van der Waals surface area contributed by atoms with Crippen LogP contribution in [0.4, 0.5) is 0 Å². The van der Waals surface area contributed by atoms with Crippen molar-refractivity contribution in [3.63, 3.8) is 0 Å². The summed E-state index contributed by atoms with van der Waals surface area (Å²) in [5.74, 6) is 0. The summed E-state index contributed by atoms with van der Waals surface area (Å²) < 4.78 is 0.843. The Morgan fingerprint density at radius 3 is 2.50 bits per heavy atom. The zero-order valence-electron chi connectivity index (χ0n) is 10.5. The highest BCUT2D eigenvalue weighted by molar-refractivity contribution is 9.10. The second-order valence-corrected chi connectivity index (χ2v) is 6.21. The molecule has 0 aromatic heterocycles. The highest BCUT2D eigenvalue weighted by atomic mass is 79.9. The molecule has 0 aliphatic carbocycles. The van der Waals surface area contributed by atoms with E-state index in [-0.39, 0.29) is 19.0 Å². The number of hydrogen-bond donors (Lipinski definition) is 2. The quantitative estimate of drug-likeness (QED) is 0.794. The fraction of sp³-hybridized carbons (Fsp3) is 0.143. The molecule has 0 aliphatic heterocycles. The number of aliphatic hydroxyl groups is 1. The third-order valence-corrected chi connectivity index (χ3v) is 5.39. The Labute approximate surface area is 142 Å². The minimum Gasteiger partial charge on any atom is -0.392 e. The fourth-order valence-corrected chi connectivity index (χ4v) is 3.56. The van der Waals surface area contributed by atoms with Gasteiger partial charge in [-0.3, -0.25) is 0 Å². The summed E-state index contributed by atoms with van der Waals surface area (Å²) in [7, 11) is 0. The van der Waals surface area contributed by atoms with Gasteiger partial charge >= 0.3 is 0 Å². The second-order valence-electron chi connectivity index (χ2n) is 3.92. The van der Waals surface area contributed by atoms with Crippen LogP contribution in [0.3, 0.4) is 0 Å². The normalized spacial score (nSPS) is 10.2. The number of rotatable bonds is 4. The SMILES string of the molecule is Cl.NCc1ccc(Br)c(Cl)c1Sc1ccccc1CO. The van der Waals surface area contributed by atoms with Crippen molar-refractivity contribution >= 4 is 51.7 Å². The van der Waals surface area contributed by atoms with Crippen LogP contribution < -0.4 is 5.73 Å². The molecule has 6 heteroatoms. The predicted octanol–water partition coefficient (Wildman–Crippen LogP) is 4.63. The lowest BCUT2D eigenvalue weighted by molar-refractivity contribution is 0.279. The smallest absolute Gasteiger partial charge is 0.0692 e. The molecule has 20 heavy (non-hydrogen) atoms. The van der Waals surface area contributed by atoms with Gasteiger partial charge in [0, 0.05) is 20.8 Å². The van der Waals surface area contributed by atoms with Gasteiger partial charge in [-0.15, -0.1) is 12.4 Å². The number of benzene rings is 2. The van der Waals surface area contributed by atoms with Crippen LogP contribution in [0.1, 0.15) is 11.1 Å². The van der Waals surface area contributed by atoms with Crippen molar-refractivity contribution in [2.75, 3.05) is 0 Å². The molecule has 0 heterocycles. The third-order valence-electron chi connectivity index (χ3n) is 2.71. The maximum atomic E-state index is 9.37. The van der Waals surface area contributed by atoms with Crippen molar-refractivity contribution in [3.05, 3.63) is 57.0 Å². The van der Waals surface area contributed by atoms with E-state index in [1.54, 1.807) is 0 Å². The van der Waals surface area contributed by atoms with Gasteiger partial charge in [0.25, 0.3) is 0 Å². The largest absolute Gasteiger partial charge is 0.392 e. The molecular formula is C14H14BrCl2NOS. The molecule has 0 saturated heterocycles. The first-order chi connectivity index (χ1) is 9.17. The van der Waals surface area contributed by atoms with Gasteiger partial charge in [-0.25, -0.2) is 0 Å². The molecule has 0 amide bonds. The van der Waals surface area contributed by atoms with E-state index in [0.29, 0.717) is 11.6 Å². The molecule has 2 aromatic carbocycles. The van der Waals surface area contributed by atoms with Gasteiger partial charge in [-0.2, -0.15) is 0 Å². The highest BCUT2D eigenvalue weighted by Gasteiger charge is 2.13. The molecule has 0 unspecified atom stereocenters. The number of nitrogens with two attached hydrogens (primary N) is 1. The van der Waals surface area contributed by atoms with Gasteiger partial charge in [-0.1, -0.05) is 47.6 Å². The third kappa shape index (κ3) is 3.91. The summed E-state index contributed by atoms with van der Waals surface area (Å²) in [5, 5.41) is 10.0. The first-order valence-electron chi connectivity index (χ1n) is 5.71. The predicted molar refractivity (Wildman–Crippen MR) is 90.8 cm³/mol. The minimum absolute atomic E-state index is 0. The molecule has 0 saturated carbocycles. The van der Waals surface area contributed by atoms with E-state index in [0.717, 1.165) is 25.4 Å². The van der Waals surface area contributed by atoms with Crippen molar-refractivity contribution in [3.8, 4) is 0 Å². The molecular weight excluding hydrogens is 381 g/mol. The average molecular weight is 395 g/mol. The summed E-state index contributed by atoms with van der Waals surface area (Å²) in [6.07, 6.45) is 0. The first-order valence-corrected chi connectivity index (χ1v) is 7.69. The summed E-state index contributed by atoms with van der Waals surface area (Å²) in [5.41, 5.74) is 7.63. The van der Waals surface area contributed by atoms with Crippen LogP contribution in [0.15, 0.2) is 50.7 Å². The molecule has 0 bridgehead atoms. The van der Waals surface area contributed by atoms with Crippen LogP contribution in [0.25, 0.3) is 0 Å². The van der Waals surface area contributed by atoms with Gasteiger partial charge in [-0.05, 0) is 39.2 Å². The van der Waals surface area contributed by atoms with Gasteiger partial charge < -0.3 is 10.8 Å². The maximum absolute atomic E-state index is 9.37. The van der Waals surface area contributed by atoms with E-state index >= 15 is 0 Å². The van der Waals surface area contributed by atoms with E-state index in [2.05, 4.69) is 15.9 Å². The Morgan fingerprint density at radius 1 is 1.15 bits per heavy atom. The van der Waals surface area contributed by atoms with Crippen LogP contribution in [-0.2, 0) is 13.2 Å². The van der Waals surface area contributed by atoms with E-state index < -0.39 is 0 Å². The Morgan fingerprint density at radius 2 is 1.85 bits per heavy atom. The fourth-order valence-electron chi connectivity index (χ4n) is 1.69. The standard InChI is InChI=1S/C14H13BrClNOS.ClH/c15-11-6-5-9(7-17)14(13(11)16)19-12-4-2-1-3-10(12)8-18;/h1-6,18H,7-8,17H2;1H. The molecule has 3 N–H and O–H groups in total. The molecule has 0 spiro atoms. The van der Waals surface area contributed by atoms with Gasteiger partial charge in [0.05, 0.1) is 11.6 Å². The summed E-state index contributed by atoms with van der Waals surface area (Å²) in [6, 6.07) is 11.6. The van der Waals surface area contributed by atoms with E-state index in [4.69, 9.17) is 17.3 Å². The topological polar surface area (TPSA) is 46.2 Å². The Balaban J connectivity index is 0.00000200. The zero-order valence-corrected chi connectivity index (χ0v) is 14.5. The molecule has 2 aromatic rings. The van der Waals surface area contributed by atoms with Gasteiger partial charge in [0.1, 0.15) is 0 Å². The van der Waals surface area contributed by atoms with Crippen molar-refractivity contribution in [2.24, 2.45) is 5.73 Å². The molecule has 0 fully saturated rings. The van der Waals surface area contributed by atoms with Crippen LogP contribution in [0.2, 0.25) is 5.02 Å². The van der Waals surface area contributed by atoms with E-state index in [1.807, 2.05) is 36.4 Å². The van der Waals surface area contributed by atoms with Crippen LogP contribution >= 0.6 is 51.7 Å². The number of aliphatic hydroxyl groups excluding tert-OH is 1. The molecule has 2 nitrogen and oxygen atoms in total. The summed E-state index contributed by atoms with van der Waals surface area (Å²) >= 11 is 11.3. The van der Waals surface area contributed by atoms with Gasteiger partial charge in [0.15, 0.2) is 0 Å². The zero-order chi connectivity index (χ0) is 13.8. The van der Waals surface area contributed by atoms with Crippen molar-refractivity contribution < 1.29 is 5.11 Å². The Kier molecular flexibility index (Phi) is 7.37. The number of halogens is 3. The van der Waals surface area contributed by atoms with Crippen LogP contribution in [0, 0.1) is 0 Å². The Hall–Kier alpha value is -0.230. The van der Waals surface area contributed by atoms with E-state index in [1.165, 1.54) is 11.8 Å².